The zero-order valence-electron chi connectivity index (χ0n) is 18.2. The summed E-state index contributed by atoms with van der Waals surface area (Å²) in [7, 11) is 1.94. The number of carbonyl (C=O) groups is 1. The number of thioether (sulfide) groups is 1. The quantitative estimate of drug-likeness (QED) is 0.564. The van der Waals surface area contributed by atoms with Crippen LogP contribution in [0.1, 0.15) is 61.7 Å². The van der Waals surface area contributed by atoms with E-state index in [0.717, 1.165) is 47.8 Å². The molecule has 2 aliphatic heterocycles. The number of anilines is 1. The molecule has 1 aromatic carbocycles. The standard InChI is InChI=1S/C22H28Cl2N4O2S/c1-22(2,3)30-21(29)28-10-5-6-16(28)18-17-19(14-8-7-13(23)12-15(14)24)31-11-9-25-20(17)27(4)26-18/h7-8,12,16,19,25H,5-6,9-11H2,1-4H3. The van der Waals surface area contributed by atoms with E-state index in [0.29, 0.717) is 16.6 Å². The molecule has 6 nitrogen and oxygen atoms in total. The molecule has 0 saturated carbocycles. The van der Waals surface area contributed by atoms with E-state index in [1.54, 1.807) is 6.07 Å². The van der Waals surface area contributed by atoms with Crippen LogP contribution in [0.4, 0.5) is 10.6 Å². The Kier molecular flexibility index (Phi) is 6.39. The van der Waals surface area contributed by atoms with Gasteiger partial charge in [-0.05, 0) is 51.3 Å². The molecule has 2 aliphatic rings. The number of nitrogens with one attached hydrogen (secondary N) is 1. The molecule has 9 heteroatoms. The van der Waals surface area contributed by atoms with Crippen LogP contribution in [0.2, 0.25) is 10.0 Å². The van der Waals surface area contributed by atoms with Gasteiger partial charge in [0.15, 0.2) is 0 Å². The molecule has 0 bridgehead atoms. The summed E-state index contributed by atoms with van der Waals surface area (Å²) >= 11 is 14.6. The summed E-state index contributed by atoms with van der Waals surface area (Å²) in [6.07, 6.45) is 1.49. The smallest absolute Gasteiger partial charge is 0.410 e. The number of carbonyl (C=O) groups excluding carboxylic acids is 1. The summed E-state index contributed by atoms with van der Waals surface area (Å²) < 4.78 is 7.58. The minimum atomic E-state index is -0.540. The van der Waals surface area contributed by atoms with Crippen molar-refractivity contribution in [1.82, 2.24) is 14.7 Å². The van der Waals surface area contributed by atoms with Crippen molar-refractivity contribution < 1.29 is 9.53 Å². The Morgan fingerprint density at radius 2 is 2.10 bits per heavy atom. The summed E-state index contributed by atoms with van der Waals surface area (Å²) in [5.41, 5.74) is 2.48. The lowest BCUT2D eigenvalue weighted by Gasteiger charge is -2.29. The molecule has 0 aliphatic carbocycles. The van der Waals surface area contributed by atoms with Gasteiger partial charge < -0.3 is 10.1 Å². The molecule has 2 atom stereocenters. The Labute approximate surface area is 197 Å². The van der Waals surface area contributed by atoms with E-state index in [-0.39, 0.29) is 17.4 Å². The first-order valence-corrected chi connectivity index (χ1v) is 12.3. The number of hydrogen-bond acceptors (Lipinski definition) is 5. The summed E-state index contributed by atoms with van der Waals surface area (Å²) in [5, 5.41) is 9.67. The van der Waals surface area contributed by atoms with Crippen molar-refractivity contribution >= 4 is 46.9 Å². The van der Waals surface area contributed by atoms with Crippen molar-refractivity contribution in [2.45, 2.75) is 50.5 Å². The van der Waals surface area contributed by atoms with Gasteiger partial charge in [-0.3, -0.25) is 9.58 Å². The number of benzene rings is 1. The van der Waals surface area contributed by atoms with Crippen LogP contribution in [0.3, 0.4) is 0 Å². The van der Waals surface area contributed by atoms with Crippen molar-refractivity contribution in [2.24, 2.45) is 7.05 Å². The van der Waals surface area contributed by atoms with Gasteiger partial charge in [-0.1, -0.05) is 29.3 Å². The lowest BCUT2D eigenvalue weighted by Crippen LogP contribution is -2.36. The number of aromatic nitrogens is 2. The first-order chi connectivity index (χ1) is 14.7. The van der Waals surface area contributed by atoms with Crippen LogP contribution in [0, 0.1) is 0 Å². The predicted octanol–water partition coefficient (Wildman–Crippen LogP) is 6.05. The van der Waals surface area contributed by atoms with Gasteiger partial charge in [0.25, 0.3) is 0 Å². The van der Waals surface area contributed by atoms with Crippen molar-refractivity contribution in [3.8, 4) is 0 Å². The Hall–Kier alpha value is -1.57. The van der Waals surface area contributed by atoms with Gasteiger partial charge in [0.1, 0.15) is 11.4 Å². The van der Waals surface area contributed by atoms with Gasteiger partial charge in [-0.2, -0.15) is 5.10 Å². The molecule has 1 N–H and O–H groups in total. The number of halogens is 2. The minimum absolute atomic E-state index is 0.000414. The molecule has 168 valence electrons. The zero-order chi connectivity index (χ0) is 22.3. The number of rotatable bonds is 2. The van der Waals surface area contributed by atoms with Gasteiger partial charge in [0, 0.05) is 41.5 Å². The predicted molar refractivity (Wildman–Crippen MR) is 127 cm³/mol. The highest BCUT2D eigenvalue weighted by Gasteiger charge is 2.39. The number of likely N-dealkylation sites (tertiary alicyclic amines) is 1. The summed E-state index contributed by atoms with van der Waals surface area (Å²) in [6.45, 7) is 7.17. The highest BCUT2D eigenvalue weighted by atomic mass is 35.5. The molecule has 3 heterocycles. The van der Waals surface area contributed by atoms with Crippen LogP contribution >= 0.6 is 35.0 Å². The molecule has 31 heavy (non-hydrogen) atoms. The van der Waals surface area contributed by atoms with Gasteiger partial charge in [0.05, 0.1) is 17.0 Å². The first-order valence-electron chi connectivity index (χ1n) is 10.5. The maximum Gasteiger partial charge on any atom is 0.410 e. The van der Waals surface area contributed by atoms with Crippen LogP contribution < -0.4 is 5.32 Å². The van der Waals surface area contributed by atoms with Crippen molar-refractivity contribution in [3.05, 3.63) is 45.1 Å². The van der Waals surface area contributed by atoms with Crippen LogP contribution in [-0.4, -0.2) is 45.2 Å². The van der Waals surface area contributed by atoms with Crippen LogP contribution in [0.5, 0.6) is 0 Å². The van der Waals surface area contributed by atoms with Crippen LogP contribution in [0.15, 0.2) is 18.2 Å². The van der Waals surface area contributed by atoms with Crippen LogP contribution in [0.25, 0.3) is 0 Å². The first kappa shape index (κ1) is 22.6. The third-order valence-corrected chi connectivity index (χ3v) is 7.32. The third kappa shape index (κ3) is 4.64. The number of fused-ring (bicyclic) bond motifs is 1. The normalized spacial score (nSPS) is 21.4. The minimum Gasteiger partial charge on any atom is -0.444 e. The highest BCUT2D eigenvalue weighted by molar-refractivity contribution is 7.99. The van der Waals surface area contributed by atoms with Gasteiger partial charge in [0.2, 0.25) is 0 Å². The topological polar surface area (TPSA) is 59.4 Å². The second-order valence-electron chi connectivity index (χ2n) is 8.95. The van der Waals surface area contributed by atoms with E-state index in [2.05, 4.69) is 5.32 Å². The molecular weight excluding hydrogens is 455 g/mol. The second-order valence-corrected chi connectivity index (χ2v) is 11.0. The van der Waals surface area contributed by atoms with E-state index < -0.39 is 5.60 Å². The lowest BCUT2D eigenvalue weighted by molar-refractivity contribution is 0.0220. The average molecular weight is 483 g/mol. The number of aryl methyl sites for hydroxylation is 1. The summed E-state index contributed by atoms with van der Waals surface area (Å²) in [6, 6.07) is 5.53. The second kappa shape index (κ2) is 8.75. The van der Waals surface area contributed by atoms with Gasteiger partial charge >= 0.3 is 6.09 Å². The van der Waals surface area contributed by atoms with Crippen molar-refractivity contribution in [1.29, 1.82) is 0 Å². The van der Waals surface area contributed by atoms with Crippen molar-refractivity contribution in [3.63, 3.8) is 0 Å². The Bertz CT molecular complexity index is 989. The van der Waals surface area contributed by atoms with E-state index in [4.69, 9.17) is 33.0 Å². The van der Waals surface area contributed by atoms with Crippen LogP contribution in [-0.2, 0) is 11.8 Å². The molecule has 2 unspecified atom stereocenters. The van der Waals surface area contributed by atoms with Gasteiger partial charge in [-0.25, -0.2) is 4.79 Å². The lowest BCUT2D eigenvalue weighted by atomic mass is 9.99. The molecule has 1 saturated heterocycles. The molecule has 0 radical (unpaired) electrons. The molecule has 1 amide bonds. The zero-order valence-corrected chi connectivity index (χ0v) is 20.6. The fraction of sp³-hybridized carbons (Fsp3) is 0.545. The van der Waals surface area contributed by atoms with Gasteiger partial charge in [-0.15, -0.1) is 11.8 Å². The fourth-order valence-electron chi connectivity index (χ4n) is 4.25. The molecule has 0 spiro atoms. The van der Waals surface area contributed by atoms with Crippen molar-refractivity contribution in [2.75, 3.05) is 24.2 Å². The monoisotopic (exact) mass is 482 g/mol. The molecule has 4 rings (SSSR count). The number of ether oxygens (including phenoxy) is 1. The molecule has 1 aromatic heterocycles. The Balaban J connectivity index is 1.77. The third-order valence-electron chi connectivity index (χ3n) is 5.50. The largest absolute Gasteiger partial charge is 0.444 e. The summed E-state index contributed by atoms with van der Waals surface area (Å²) in [4.78, 5) is 14.8. The average Bonchev–Trinajstić information content (AvgIpc) is 3.20. The molecular formula is C22H28Cl2N4O2S. The Morgan fingerprint density at radius 3 is 2.81 bits per heavy atom. The Morgan fingerprint density at radius 1 is 1.32 bits per heavy atom. The maximum atomic E-state index is 12.9. The number of amides is 1. The van der Waals surface area contributed by atoms with E-state index in [1.165, 1.54) is 0 Å². The van der Waals surface area contributed by atoms with E-state index >= 15 is 0 Å². The number of hydrogen-bond donors (Lipinski definition) is 1. The maximum absolute atomic E-state index is 12.9. The summed E-state index contributed by atoms with van der Waals surface area (Å²) in [5.74, 6) is 1.91. The highest BCUT2D eigenvalue weighted by Crippen LogP contribution is 2.48. The molecule has 1 fully saturated rings. The number of nitrogens with zero attached hydrogens (tertiary/aromatic N) is 3. The molecule has 2 aromatic rings. The fourth-order valence-corrected chi connectivity index (χ4v) is 6.08. The van der Waals surface area contributed by atoms with E-state index in [1.807, 2.05) is 61.3 Å². The van der Waals surface area contributed by atoms with E-state index in [9.17, 15) is 4.79 Å². The SMILES string of the molecule is Cn1nc(C2CCCN2C(=O)OC(C)(C)C)c2c1NCCSC2c1ccc(Cl)cc1Cl.